The molecular weight excluding hydrogens is 242 g/mol. The zero-order chi connectivity index (χ0) is 14.5. The van der Waals surface area contributed by atoms with Crippen LogP contribution in [0.25, 0.3) is 0 Å². The minimum atomic E-state index is 0.508. The molecule has 2 rings (SSSR count). The Kier molecular flexibility index (Phi) is 5.65. The van der Waals surface area contributed by atoms with E-state index in [0.717, 1.165) is 17.8 Å². The Bertz CT molecular complexity index is 384. The van der Waals surface area contributed by atoms with Crippen LogP contribution in [0.3, 0.4) is 0 Å². The lowest BCUT2D eigenvalue weighted by atomic mass is 9.79. The highest BCUT2D eigenvalue weighted by molar-refractivity contribution is 5.19. The zero-order valence-electron chi connectivity index (χ0n) is 13.6. The molecule has 112 valence electrons. The average molecular weight is 273 g/mol. The molecule has 20 heavy (non-hydrogen) atoms. The largest absolute Gasteiger partial charge is 0.307 e. The summed E-state index contributed by atoms with van der Waals surface area (Å²) in [5, 5.41) is 3.98. The van der Waals surface area contributed by atoms with Gasteiger partial charge in [-0.2, -0.15) is 0 Å². The van der Waals surface area contributed by atoms with Gasteiger partial charge in [-0.3, -0.25) is 0 Å². The van der Waals surface area contributed by atoms with Gasteiger partial charge < -0.3 is 5.32 Å². The van der Waals surface area contributed by atoms with Crippen LogP contribution >= 0.6 is 0 Å². The second-order valence-corrected chi connectivity index (χ2v) is 7.26. The Labute approximate surface area is 125 Å². The summed E-state index contributed by atoms with van der Waals surface area (Å²) in [7, 11) is 0. The van der Waals surface area contributed by atoms with Crippen molar-refractivity contribution in [3.05, 3.63) is 35.9 Å². The molecule has 0 spiro atoms. The van der Waals surface area contributed by atoms with Crippen LogP contribution in [0.4, 0.5) is 0 Å². The second kappa shape index (κ2) is 7.26. The van der Waals surface area contributed by atoms with Crippen molar-refractivity contribution in [2.45, 2.75) is 65.5 Å². The molecule has 0 heterocycles. The van der Waals surface area contributed by atoms with E-state index in [1.807, 2.05) is 0 Å². The van der Waals surface area contributed by atoms with E-state index < -0.39 is 0 Å². The molecule has 1 heteroatoms. The summed E-state index contributed by atoms with van der Waals surface area (Å²) in [6.07, 6.45) is 5.34. The molecule has 0 aromatic heterocycles. The maximum atomic E-state index is 3.98. The van der Waals surface area contributed by atoms with Gasteiger partial charge in [0.1, 0.15) is 0 Å². The lowest BCUT2D eigenvalue weighted by Gasteiger charge is -2.37. The van der Waals surface area contributed by atoms with E-state index in [9.17, 15) is 0 Å². The Balaban J connectivity index is 2.07. The maximum Gasteiger partial charge on any atom is 0.0325 e. The Morgan fingerprint density at radius 3 is 2.45 bits per heavy atom. The standard InChI is InChI=1S/C19H31N/c1-14(2)12-19(17-8-6-5-7-9-17)20-18-13-15(3)10-11-16(18)4/h5-9,14-16,18-20H,10-13H2,1-4H3. The Hall–Kier alpha value is -0.820. The number of hydrogen-bond acceptors (Lipinski definition) is 1. The van der Waals surface area contributed by atoms with Crippen molar-refractivity contribution in [1.29, 1.82) is 0 Å². The minimum absolute atomic E-state index is 0.508. The third kappa shape index (κ3) is 4.34. The normalized spacial score (nSPS) is 28.6. The molecule has 1 fully saturated rings. The molecule has 1 aromatic rings. The Morgan fingerprint density at radius 1 is 1.10 bits per heavy atom. The highest BCUT2D eigenvalue weighted by Gasteiger charge is 2.27. The predicted molar refractivity (Wildman–Crippen MR) is 87.7 cm³/mol. The van der Waals surface area contributed by atoms with Crippen molar-refractivity contribution in [2.75, 3.05) is 0 Å². The molecule has 0 amide bonds. The van der Waals surface area contributed by atoms with Gasteiger partial charge in [-0.25, -0.2) is 0 Å². The van der Waals surface area contributed by atoms with Gasteiger partial charge in [0.2, 0.25) is 0 Å². The van der Waals surface area contributed by atoms with Gasteiger partial charge in [0, 0.05) is 12.1 Å². The topological polar surface area (TPSA) is 12.0 Å². The summed E-state index contributed by atoms with van der Waals surface area (Å²) < 4.78 is 0. The van der Waals surface area contributed by atoms with Crippen LogP contribution in [-0.2, 0) is 0 Å². The fraction of sp³-hybridized carbons (Fsp3) is 0.684. The van der Waals surface area contributed by atoms with Gasteiger partial charge in [-0.15, -0.1) is 0 Å². The van der Waals surface area contributed by atoms with Crippen LogP contribution in [0.15, 0.2) is 30.3 Å². The predicted octanol–water partition coefficient (Wildman–Crippen LogP) is 5.19. The van der Waals surface area contributed by atoms with Gasteiger partial charge >= 0.3 is 0 Å². The van der Waals surface area contributed by atoms with E-state index in [-0.39, 0.29) is 0 Å². The molecule has 0 saturated heterocycles. The van der Waals surface area contributed by atoms with Crippen molar-refractivity contribution in [2.24, 2.45) is 17.8 Å². The first-order valence-electron chi connectivity index (χ1n) is 8.37. The third-order valence-electron chi connectivity index (χ3n) is 4.78. The van der Waals surface area contributed by atoms with Gasteiger partial charge in [0.05, 0.1) is 0 Å². The first-order valence-corrected chi connectivity index (χ1v) is 8.37. The summed E-state index contributed by atoms with van der Waals surface area (Å²) in [6, 6.07) is 12.2. The minimum Gasteiger partial charge on any atom is -0.307 e. The molecule has 1 N–H and O–H groups in total. The summed E-state index contributed by atoms with van der Waals surface area (Å²) >= 11 is 0. The van der Waals surface area contributed by atoms with Crippen molar-refractivity contribution < 1.29 is 0 Å². The maximum absolute atomic E-state index is 3.98. The first-order chi connectivity index (χ1) is 9.56. The van der Waals surface area contributed by atoms with E-state index in [4.69, 9.17) is 0 Å². The number of hydrogen-bond donors (Lipinski definition) is 1. The molecule has 1 nitrogen and oxygen atoms in total. The molecule has 4 unspecified atom stereocenters. The number of nitrogens with one attached hydrogen (secondary N) is 1. The van der Waals surface area contributed by atoms with E-state index >= 15 is 0 Å². The van der Waals surface area contributed by atoms with Crippen molar-refractivity contribution in [3.8, 4) is 0 Å². The fourth-order valence-corrected chi connectivity index (χ4v) is 3.48. The Morgan fingerprint density at radius 2 is 1.80 bits per heavy atom. The fourth-order valence-electron chi connectivity index (χ4n) is 3.48. The van der Waals surface area contributed by atoms with E-state index in [2.05, 4.69) is 63.3 Å². The monoisotopic (exact) mass is 273 g/mol. The van der Waals surface area contributed by atoms with E-state index in [0.29, 0.717) is 12.1 Å². The molecular formula is C19H31N. The van der Waals surface area contributed by atoms with E-state index in [1.165, 1.54) is 31.2 Å². The SMILES string of the molecule is CC(C)CC(NC1CC(C)CCC1C)c1ccccc1. The lowest BCUT2D eigenvalue weighted by Crippen LogP contribution is -2.41. The summed E-state index contributed by atoms with van der Waals surface area (Å²) in [4.78, 5) is 0. The quantitative estimate of drug-likeness (QED) is 0.778. The smallest absolute Gasteiger partial charge is 0.0325 e. The summed E-state index contributed by atoms with van der Waals surface area (Å²) in [5.74, 6) is 2.41. The number of benzene rings is 1. The summed E-state index contributed by atoms with van der Waals surface area (Å²) in [6.45, 7) is 9.47. The van der Waals surface area contributed by atoms with Crippen LogP contribution in [-0.4, -0.2) is 6.04 Å². The molecule has 4 atom stereocenters. The van der Waals surface area contributed by atoms with Gasteiger partial charge in [-0.1, -0.05) is 64.4 Å². The molecule has 1 aromatic carbocycles. The zero-order valence-corrected chi connectivity index (χ0v) is 13.6. The third-order valence-corrected chi connectivity index (χ3v) is 4.78. The van der Waals surface area contributed by atoms with Crippen LogP contribution in [0.2, 0.25) is 0 Å². The van der Waals surface area contributed by atoms with Crippen molar-refractivity contribution in [1.82, 2.24) is 5.32 Å². The van der Waals surface area contributed by atoms with Crippen LogP contribution in [0.5, 0.6) is 0 Å². The van der Waals surface area contributed by atoms with Crippen LogP contribution in [0.1, 0.15) is 65.0 Å². The molecule has 0 aliphatic heterocycles. The molecule has 1 saturated carbocycles. The van der Waals surface area contributed by atoms with Gasteiger partial charge in [-0.05, 0) is 42.6 Å². The van der Waals surface area contributed by atoms with Crippen LogP contribution in [0, 0.1) is 17.8 Å². The first kappa shape index (κ1) is 15.6. The highest BCUT2D eigenvalue weighted by atomic mass is 15.0. The summed E-state index contributed by atoms with van der Waals surface area (Å²) in [5.41, 5.74) is 1.45. The van der Waals surface area contributed by atoms with Gasteiger partial charge in [0.15, 0.2) is 0 Å². The molecule has 1 aliphatic carbocycles. The lowest BCUT2D eigenvalue weighted by molar-refractivity contribution is 0.206. The van der Waals surface area contributed by atoms with Crippen LogP contribution < -0.4 is 5.32 Å². The van der Waals surface area contributed by atoms with E-state index in [1.54, 1.807) is 0 Å². The molecule has 0 bridgehead atoms. The van der Waals surface area contributed by atoms with Crippen molar-refractivity contribution >= 4 is 0 Å². The molecule has 0 radical (unpaired) electrons. The van der Waals surface area contributed by atoms with Gasteiger partial charge in [0.25, 0.3) is 0 Å². The second-order valence-electron chi connectivity index (χ2n) is 7.26. The number of rotatable bonds is 5. The molecule has 1 aliphatic rings. The average Bonchev–Trinajstić information content (AvgIpc) is 2.42. The highest BCUT2D eigenvalue weighted by Crippen LogP contribution is 2.31. The van der Waals surface area contributed by atoms with Crippen molar-refractivity contribution in [3.63, 3.8) is 0 Å².